The fourth-order valence-electron chi connectivity index (χ4n) is 3.29. The van der Waals surface area contributed by atoms with Crippen LogP contribution in [0.15, 0.2) is 48.5 Å². The van der Waals surface area contributed by atoms with E-state index in [2.05, 4.69) is 10.6 Å². The van der Waals surface area contributed by atoms with Gasteiger partial charge in [0.15, 0.2) is 0 Å². The third kappa shape index (κ3) is 5.84. The maximum absolute atomic E-state index is 12.2. The molecular weight excluding hydrogens is 380 g/mol. The van der Waals surface area contributed by atoms with Gasteiger partial charge in [0.1, 0.15) is 23.3 Å². The molecule has 5 N–H and O–H groups in total. The number of nitrogens with one attached hydrogen (secondary N) is 3. The van der Waals surface area contributed by atoms with Gasteiger partial charge in [0.25, 0.3) is 0 Å². The van der Waals surface area contributed by atoms with Crippen molar-refractivity contribution in [3.05, 3.63) is 65.2 Å². The molecule has 1 heterocycles. The molecule has 0 saturated carbocycles. The minimum atomic E-state index is -0.417. The number of rotatable bonds is 8. The van der Waals surface area contributed by atoms with Gasteiger partial charge in [0.05, 0.1) is 7.11 Å². The Morgan fingerprint density at radius 3 is 2.80 bits per heavy atom. The highest BCUT2D eigenvalue weighted by atomic mass is 16.5. The largest absolute Gasteiger partial charge is 0.489 e. The Morgan fingerprint density at radius 2 is 2.07 bits per heavy atom. The summed E-state index contributed by atoms with van der Waals surface area (Å²) in [6, 6.07) is 13.0. The number of hydrogen-bond acceptors (Lipinski definition) is 6. The molecule has 0 aliphatic carbocycles. The van der Waals surface area contributed by atoms with Crippen molar-refractivity contribution in [2.75, 3.05) is 32.1 Å². The number of nitrogens with two attached hydrogens (primary N) is 1. The summed E-state index contributed by atoms with van der Waals surface area (Å²) in [4.78, 5) is 12.2. The summed E-state index contributed by atoms with van der Waals surface area (Å²) in [5.41, 5.74) is 8.40. The lowest BCUT2D eigenvalue weighted by molar-refractivity contribution is 0.0591. The molecule has 1 saturated heterocycles. The highest BCUT2D eigenvalue weighted by Crippen LogP contribution is 2.26. The smallest absolute Gasteiger partial charge is 0.341 e. The van der Waals surface area contributed by atoms with Crippen LogP contribution in [0.5, 0.6) is 5.75 Å². The number of nitrogen functional groups attached to an aromatic ring is 1. The van der Waals surface area contributed by atoms with Crippen LogP contribution in [0.2, 0.25) is 0 Å². The Hall–Kier alpha value is -3.32. The van der Waals surface area contributed by atoms with Gasteiger partial charge >= 0.3 is 5.97 Å². The van der Waals surface area contributed by atoms with Crippen molar-refractivity contribution in [1.82, 2.24) is 5.32 Å². The fourth-order valence-corrected chi connectivity index (χ4v) is 3.29. The molecule has 158 valence electrons. The van der Waals surface area contributed by atoms with Crippen LogP contribution in [0, 0.1) is 5.41 Å². The third-order valence-corrected chi connectivity index (χ3v) is 4.90. The Labute approximate surface area is 176 Å². The van der Waals surface area contributed by atoms with Gasteiger partial charge in [0.2, 0.25) is 0 Å². The summed E-state index contributed by atoms with van der Waals surface area (Å²) in [5.74, 6) is 0.181. The van der Waals surface area contributed by atoms with E-state index in [0.29, 0.717) is 23.4 Å². The predicted octanol–water partition coefficient (Wildman–Crippen LogP) is 3.01. The quantitative estimate of drug-likeness (QED) is 0.304. The van der Waals surface area contributed by atoms with Gasteiger partial charge in [-0.15, -0.1) is 0 Å². The molecule has 0 spiro atoms. The van der Waals surface area contributed by atoms with E-state index in [1.54, 1.807) is 12.1 Å². The first-order chi connectivity index (χ1) is 14.6. The number of carbonyl (C=O) groups is 1. The van der Waals surface area contributed by atoms with Crippen LogP contribution < -0.4 is 21.1 Å². The Balaban J connectivity index is 1.65. The van der Waals surface area contributed by atoms with E-state index in [1.807, 2.05) is 42.5 Å². The maximum Gasteiger partial charge on any atom is 0.341 e. The average molecular weight is 409 g/mol. The van der Waals surface area contributed by atoms with Crippen molar-refractivity contribution in [2.45, 2.75) is 18.9 Å². The minimum Gasteiger partial charge on any atom is -0.489 e. The Kier molecular flexibility index (Phi) is 7.45. The van der Waals surface area contributed by atoms with Crippen LogP contribution in [0.4, 0.5) is 5.69 Å². The van der Waals surface area contributed by atoms with Gasteiger partial charge in [0, 0.05) is 17.8 Å². The number of esters is 1. The summed E-state index contributed by atoms with van der Waals surface area (Å²) in [7, 11) is 1.37. The zero-order valence-electron chi connectivity index (χ0n) is 17.1. The van der Waals surface area contributed by atoms with E-state index in [0.717, 1.165) is 37.2 Å². The molecule has 2 aromatic rings. The number of hydrogen-bond donors (Lipinski definition) is 4. The van der Waals surface area contributed by atoms with Crippen LogP contribution in [-0.2, 0) is 4.74 Å². The zero-order valence-corrected chi connectivity index (χ0v) is 17.1. The SMILES string of the molecule is COC(=O)c1cc(NCC=Cc2cccc(C(=N)N)c2)ccc1OC1CCNCC1. The molecule has 3 rings (SSSR count). The van der Waals surface area contributed by atoms with Crippen LogP contribution in [0.1, 0.15) is 34.3 Å². The van der Waals surface area contributed by atoms with E-state index in [4.69, 9.17) is 20.6 Å². The van der Waals surface area contributed by atoms with E-state index in [-0.39, 0.29) is 11.9 Å². The van der Waals surface area contributed by atoms with E-state index in [9.17, 15) is 4.79 Å². The molecule has 0 unspecified atom stereocenters. The number of carbonyl (C=O) groups excluding carboxylic acids is 1. The molecule has 1 fully saturated rings. The fraction of sp³-hybridized carbons (Fsp3) is 0.304. The van der Waals surface area contributed by atoms with Crippen molar-refractivity contribution < 1.29 is 14.3 Å². The van der Waals surface area contributed by atoms with Crippen molar-refractivity contribution in [3.63, 3.8) is 0 Å². The summed E-state index contributed by atoms with van der Waals surface area (Å²) in [6.07, 6.45) is 5.85. The molecule has 2 aromatic carbocycles. The number of ether oxygens (including phenoxy) is 2. The maximum atomic E-state index is 12.2. The van der Waals surface area contributed by atoms with Crippen molar-refractivity contribution >= 4 is 23.6 Å². The molecule has 0 amide bonds. The first-order valence-electron chi connectivity index (χ1n) is 10.0. The number of amidine groups is 1. The van der Waals surface area contributed by atoms with E-state index >= 15 is 0 Å². The molecule has 1 aliphatic heterocycles. The summed E-state index contributed by atoms with van der Waals surface area (Å²) < 4.78 is 11.0. The van der Waals surface area contributed by atoms with Gasteiger partial charge in [-0.1, -0.05) is 30.4 Å². The van der Waals surface area contributed by atoms with Gasteiger partial charge < -0.3 is 25.8 Å². The molecule has 7 nitrogen and oxygen atoms in total. The summed E-state index contributed by atoms with van der Waals surface area (Å²) in [6.45, 7) is 2.40. The van der Waals surface area contributed by atoms with Crippen molar-refractivity contribution in [1.29, 1.82) is 5.41 Å². The number of anilines is 1. The highest BCUT2D eigenvalue weighted by molar-refractivity contribution is 5.95. The summed E-state index contributed by atoms with van der Waals surface area (Å²) in [5, 5.41) is 14.1. The molecular formula is C23H28N4O3. The molecule has 0 aromatic heterocycles. The van der Waals surface area contributed by atoms with Gasteiger partial charge in [-0.2, -0.15) is 0 Å². The first-order valence-corrected chi connectivity index (χ1v) is 10.0. The third-order valence-electron chi connectivity index (χ3n) is 4.90. The number of benzene rings is 2. The zero-order chi connectivity index (χ0) is 21.3. The van der Waals surface area contributed by atoms with Crippen molar-refractivity contribution in [2.24, 2.45) is 5.73 Å². The predicted molar refractivity (Wildman–Crippen MR) is 119 cm³/mol. The topological polar surface area (TPSA) is 109 Å². The number of methoxy groups -OCH3 is 1. The van der Waals surface area contributed by atoms with Crippen molar-refractivity contribution in [3.8, 4) is 5.75 Å². The normalized spacial score (nSPS) is 14.4. The molecule has 1 aliphatic rings. The van der Waals surface area contributed by atoms with Gasteiger partial charge in [-0.3, -0.25) is 5.41 Å². The lowest BCUT2D eigenvalue weighted by Gasteiger charge is -2.25. The summed E-state index contributed by atoms with van der Waals surface area (Å²) >= 11 is 0. The lowest BCUT2D eigenvalue weighted by atomic mass is 10.1. The first kappa shape index (κ1) is 21.4. The van der Waals surface area contributed by atoms with Crippen LogP contribution in [0.3, 0.4) is 0 Å². The average Bonchev–Trinajstić information content (AvgIpc) is 2.78. The van der Waals surface area contributed by atoms with E-state index in [1.165, 1.54) is 7.11 Å². The standard InChI is InChI=1S/C23H28N4O3/c1-29-23(28)20-15-18(7-8-21(20)30-19-9-12-26-13-10-19)27-11-3-5-16-4-2-6-17(14-16)22(24)25/h2-8,14-15,19,26-27H,9-13H2,1H3,(H3,24,25). The van der Waals surface area contributed by atoms with Gasteiger partial charge in [-0.05, 0) is 55.8 Å². The molecule has 7 heteroatoms. The second-order valence-corrected chi connectivity index (χ2v) is 7.09. The van der Waals surface area contributed by atoms with Crippen LogP contribution >= 0.6 is 0 Å². The molecule has 0 atom stereocenters. The van der Waals surface area contributed by atoms with Gasteiger partial charge in [-0.25, -0.2) is 4.79 Å². The Morgan fingerprint density at radius 1 is 1.27 bits per heavy atom. The molecule has 30 heavy (non-hydrogen) atoms. The second kappa shape index (κ2) is 10.5. The lowest BCUT2D eigenvalue weighted by Crippen LogP contribution is -2.34. The molecule has 0 radical (unpaired) electrons. The molecule has 0 bridgehead atoms. The van der Waals surface area contributed by atoms with Crippen LogP contribution in [-0.4, -0.2) is 44.7 Å². The minimum absolute atomic E-state index is 0.0468. The van der Waals surface area contributed by atoms with E-state index < -0.39 is 5.97 Å². The second-order valence-electron chi connectivity index (χ2n) is 7.09. The Bertz CT molecular complexity index is 920. The highest BCUT2D eigenvalue weighted by Gasteiger charge is 2.19. The van der Waals surface area contributed by atoms with Crippen LogP contribution in [0.25, 0.3) is 6.08 Å². The monoisotopic (exact) mass is 408 g/mol. The number of piperidine rings is 1.